The van der Waals surface area contributed by atoms with E-state index in [4.69, 9.17) is 28.9 Å². The van der Waals surface area contributed by atoms with Crippen LogP contribution in [0.4, 0.5) is 4.79 Å². The molecule has 6 rings (SSSR count). The van der Waals surface area contributed by atoms with Crippen molar-refractivity contribution in [1.29, 1.82) is 0 Å². The van der Waals surface area contributed by atoms with Gasteiger partial charge in [-0.2, -0.15) is 0 Å². The number of rotatable bonds is 21. The molecule has 6 unspecified atom stereocenters. The van der Waals surface area contributed by atoms with E-state index in [0.29, 0.717) is 51.2 Å². The Labute approximate surface area is 320 Å². The molecule has 54 heavy (non-hydrogen) atoms. The fraction of sp³-hybridized carbons (Fsp3) is 0.581. The van der Waals surface area contributed by atoms with E-state index in [2.05, 4.69) is 23.6 Å². The van der Waals surface area contributed by atoms with Gasteiger partial charge in [-0.1, -0.05) is 67.4 Å². The number of ether oxygens (including phenoxy) is 4. The van der Waals surface area contributed by atoms with E-state index in [1.807, 2.05) is 49.4 Å². The maximum Gasteiger partial charge on any atom is 0.409 e. The van der Waals surface area contributed by atoms with E-state index in [-0.39, 0.29) is 43.5 Å². The van der Waals surface area contributed by atoms with E-state index < -0.39 is 17.9 Å². The number of hydrogen-bond acceptors (Lipinski definition) is 10. The zero-order valence-corrected chi connectivity index (χ0v) is 32.1. The topological polar surface area (TPSA) is 122 Å². The lowest BCUT2D eigenvalue weighted by Gasteiger charge is -2.59. The van der Waals surface area contributed by atoms with Gasteiger partial charge in [0.05, 0.1) is 25.3 Å². The van der Waals surface area contributed by atoms with Crippen molar-refractivity contribution in [2.24, 2.45) is 22.9 Å². The zero-order valence-electron chi connectivity index (χ0n) is 32.1. The lowest BCUT2D eigenvalue weighted by molar-refractivity contribution is -0.255. The first-order valence-corrected chi connectivity index (χ1v) is 19.9. The van der Waals surface area contributed by atoms with E-state index in [1.165, 1.54) is 7.11 Å². The molecule has 0 aromatic heterocycles. The first-order chi connectivity index (χ1) is 26.5. The number of aliphatic hydroxyl groups excluding tert-OH is 2. The number of nitrogens with zero attached hydrogens (tertiary/aromatic N) is 3. The molecule has 2 aromatic carbocycles. The monoisotopic (exact) mass is 745 g/mol. The van der Waals surface area contributed by atoms with Gasteiger partial charge < -0.3 is 34.0 Å². The molecule has 2 heterocycles. The third-order valence-corrected chi connectivity index (χ3v) is 11.4. The molecule has 11 nitrogen and oxygen atoms in total. The Kier molecular flexibility index (Phi) is 14.1. The molecule has 0 bridgehead atoms. The maximum absolute atomic E-state index is 13.7. The van der Waals surface area contributed by atoms with Crippen LogP contribution in [0.3, 0.4) is 0 Å². The molecule has 2 aromatic rings. The number of hydrogen-bond donors (Lipinski definition) is 2. The molecule has 1 saturated heterocycles. The largest absolute Gasteiger partial charge is 0.492 e. The lowest BCUT2D eigenvalue weighted by atomic mass is 9.55. The summed E-state index contributed by atoms with van der Waals surface area (Å²) in [5, 5.41) is 24.6. The predicted octanol–water partition coefficient (Wildman–Crippen LogP) is 6.69. The lowest BCUT2D eigenvalue weighted by Crippen LogP contribution is -2.70. The van der Waals surface area contributed by atoms with Crippen molar-refractivity contribution in [3.8, 4) is 11.5 Å². The summed E-state index contributed by atoms with van der Waals surface area (Å²) in [5.74, 6) is -0.0437. The molecule has 4 aliphatic rings. The summed E-state index contributed by atoms with van der Waals surface area (Å²) >= 11 is 0. The van der Waals surface area contributed by atoms with E-state index in [0.717, 1.165) is 73.5 Å². The molecule has 2 aliphatic carbocycles. The summed E-state index contributed by atoms with van der Waals surface area (Å²) in [6, 6.07) is 15.4. The number of unbranched alkanes of at least 4 members (excludes halogenated alkanes) is 2. The van der Waals surface area contributed by atoms with Gasteiger partial charge in [-0.15, -0.1) is 6.58 Å². The minimum atomic E-state index is -1.31. The zero-order chi connectivity index (χ0) is 37.9. The Morgan fingerprint density at radius 2 is 1.87 bits per heavy atom. The summed E-state index contributed by atoms with van der Waals surface area (Å²) in [6.45, 7) is 10.9. The second kappa shape index (κ2) is 19.1. The Balaban J connectivity index is 1.53. The number of allylic oxidation sites excluding steroid dienone is 1. The van der Waals surface area contributed by atoms with Crippen LogP contribution in [-0.4, -0.2) is 103 Å². The van der Waals surface area contributed by atoms with Crippen LogP contribution in [0, 0.1) is 17.8 Å². The summed E-state index contributed by atoms with van der Waals surface area (Å²) in [7, 11) is 1.41. The van der Waals surface area contributed by atoms with Crippen LogP contribution in [-0.2, 0) is 20.9 Å². The van der Waals surface area contributed by atoms with Gasteiger partial charge in [0.15, 0.2) is 0 Å². The fourth-order valence-electron chi connectivity index (χ4n) is 8.82. The number of fused-ring (bicyclic) bond motifs is 2. The minimum Gasteiger partial charge on any atom is -0.492 e. The number of oxime groups is 1. The quantitative estimate of drug-likeness (QED) is 0.0623. The van der Waals surface area contributed by atoms with E-state index >= 15 is 0 Å². The normalized spacial score (nSPS) is 26.2. The number of aliphatic hydroxyl groups is 2. The SMILES string of the molecule is C=CCOC12Oc3ccc(OCCN4CC4)cc3C3C(CCCCO)C(CCCCO)C=C(C(=NOCc4ccccc4)CC1N(CCC)C(=O)OC)C32. The van der Waals surface area contributed by atoms with Gasteiger partial charge in [0.2, 0.25) is 5.79 Å². The number of carbonyl (C=O) groups excluding carboxylic acids is 1. The van der Waals surface area contributed by atoms with Crippen LogP contribution < -0.4 is 9.47 Å². The molecule has 11 heteroatoms. The van der Waals surface area contributed by atoms with Crippen LogP contribution >= 0.6 is 0 Å². The Hall–Kier alpha value is -3.90. The van der Waals surface area contributed by atoms with Gasteiger partial charge >= 0.3 is 6.09 Å². The minimum absolute atomic E-state index is 0.115. The van der Waals surface area contributed by atoms with E-state index in [9.17, 15) is 15.0 Å². The Morgan fingerprint density at radius 3 is 2.57 bits per heavy atom. The summed E-state index contributed by atoms with van der Waals surface area (Å²) in [5.41, 5.74) is 3.80. The van der Waals surface area contributed by atoms with Gasteiger partial charge in [0, 0.05) is 57.3 Å². The highest BCUT2D eigenvalue weighted by atomic mass is 16.7. The molecular formula is C43H59N3O8. The highest BCUT2D eigenvalue weighted by Gasteiger charge is 2.65. The van der Waals surface area contributed by atoms with Gasteiger partial charge in [-0.05, 0) is 73.3 Å². The van der Waals surface area contributed by atoms with Crippen LogP contribution in [0.5, 0.6) is 11.5 Å². The van der Waals surface area contributed by atoms with Crippen LogP contribution in [0.25, 0.3) is 0 Å². The third-order valence-electron chi connectivity index (χ3n) is 11.4. The Morgan fingerprint density at radius 1 is 1.09 bits per heavy atom. The Bertz CT molecular complexity index is 1600. The molecule has 1 saturated carbocycles. The van der Waals surface area contributed by atoms with Gasteiger partial charge in [-0.3, -0.25) is 9.80 Å². The molecule has 6 atom stereocenters. The molecule has 2 fully saturated rings. The average molecular weight is 746 g/mol. The number of carbonyl (C=O) groups is 1. The van der Waals surface area contributed by atoms with Crippen LogP contribution in [0.1, 0.15) is 75.3 Å². The summed E-state index contributed by atoms with van der Waals surface area (Å²) in [6.07, 6.45) is 9.52. The van der Waals surface area contributed by atoms with Gasteiger partial charge in [-0.25, -0.2) is 4.79 Å². The molecule has 2 aliphatic heterocycles. The smallest absolute Gasteiger partial charge is 0.409 e. The van der Waals surface area contributed by atoms with Crippen molar-refractivity contribution < 1.29 is 38.8 Å². The van der Waals surface area contributed by atoms with Crippen LogP contribution in [0.15, 0.2) is 78.0 Å². The third kappa shape index (κ3) is 8.96. The number of methoxy groups -OCH3 is 1. The number of benzene rings is 2. The van der Waals surface area contributed by atoms with Crippen molar-refractivity contribution in [2.45, 2.75) is 82.6 Å². The van der Waals surface area contributed by atoms with Crippen molar-refractivity contribution in [1.82, 2.24) is 9.80 Å². The van der Waals surface area contributed by atoms with Gasteiger partial charge in [0.1, 0.15) is 30.8 Å². The predicted molar refractivity (Wildman–Crippen MR) is 208 cm³/mol. The molecule has 294 valence electrons. The van der Waals surface area contributed by atoms with Crippen molar-refractivity contribution in [2.75, 3.05) is 59.7 Å². The van der Waals surface area contributed by atoms with Gasteiger partial charge in [0.25, 0.3) is 0 Å². The maximum atomic E-state index is 13.7. The average Bonchev–Trinajstić information content (AvgIpc) is 4.02. The first kappa shape index (κ1) is 39.8. The molecule has 2 N–H and O–H groups in total. The molecule has 0 spiro atoms. The van der Waals surface area contributed by atoms with E-state index in [1.54, 1.807) is 11.0 Å². The van der Waals surface area contributed by atoms with Crippen molar-refractivity contribution in [3.05, 3.63) is 84.0 Å². The highest BCUT2D eigenvalue weighted by molar-refractivity contribution is 6.03. The summed E-state index contributed by atoms with van der Waals surface area (Å²) in [4.78, 5) is 24.0. The second-order valence-electron chi connectivity index (χ2n) is 14.9. The molecule has 1 amide bonds. The fourth-order valence-corrected chi connectivity index (χ4v) is 8.82. The van der Waals surface area contributed by atoms with Crippen LogP contribution in [0.2, 0.25) is 0 Å². The standard InChI is InChI=1S/C43H59N3O8/c1-4-19-46(42(49)50-3)39-29-37(44-53-30-31-13-7-6-8-14-31)35-27-32(15-9-11-23-47)34(16-10-12-24-48)40-36-28-33(51-26-22-45-20-21-45)17-18-38(36)54-43(39,41(35)40)52-25-5-2/h5-8,13-14,17-18,27-28,32,34,39-41,47-48H,2,4,9-12,15-16,19-26,29-30H2,1,3H3. The summed E-state index contributed by atoms with van der Waals surface area (Å²) < 4.78 is 26.0. The first-order valence-electron chi connectivity index (χ1n) is 19.9. The highest BCUT2D eigenvalue weighted by Crippen LogP contribution is 2.62. The molecule has 0 radical (unpaired) electrons. The molecular weight excluding hydrogens is 686 g/mol. The van der Waals surface area contributed by atoms with Crippen molar-refractivity contribution >= 4 is 11.8 Å². The number of amides is 1. The van der Waals surface area contributed by atoms with Crippen molar-refractivity contribution in [3.63, 3.8) is 0 Å². The second-order valence-corrected chi connectivity index (χ2v) is 14.9.